The zero-order valence-corrected chi connectivity index (χ0v) is 11.6. The van der Waals surface area contributed by atoms with E-state index in [0.29, 0.717) is 5.56 Å². The van der Waals surface area contributed by atoms with Crippen LogP contribution in [-0.2, 0) is 6.18 Å². The van der Waals surface area contributed by atoms with E-state index >= 15 is 0 Å². The van der Waals surface area contributed by atoms with Gasteiger partial charge >= 0.3 is 6.18 Å². The Kier molecular flexibility index (Phi) is 3.47. The van der Waals surface area contributed by atoms with Crippen LogP contribution in [0.2, 0.25) is 0 Å². The average molecular weight is 308 g/mol. The van der Waals surface area contributed by atoms with E-state index in [-0.39, 0.29) is 5.56 Å². The van der Waals surface area contributed by atoms with E-state index in [4.69, 9.17) is 0 Å². The molecule has 0 bridgehead atoms. The van der Waals surface area contributed by atoms with Crippen LogP contribution < -0.4 is 0 Å². The van der Waals surface area contributed by atoms with Gasteiger partial charge in [0.1, 0.15) is 6.10 Å². The normalized spacial score (nSPS) is 13.5. The number of alkyl halides is 3. The number of aliphatic hydroxyl groups is 1. The van der Waals surface area contributed by atoms with Crippen molar-refractivity contribution < 1.29 is 18.3 Å². The molecule has 21 heavy (non-hydrogen) atoms. The molecule has 0 fully saturated rings. The van der Waals surface area contributed by atoms with Crippen LogP contribution in [0.15, 0.2) is 53.9 Å². The molecule has 0 aliphatic heterocycles. The van der Waals surface area contributed by atoms with Gasteiger partial charge in [-0.15, -0.1) is 11.3 Å². The fraction of sp³-hybridized carbons (Fsp3) is 0.125. The maximum atomic E-state index is 12.8. The van der Waals surface area contributed by atoms with Crippen LogP contribution in [0.5, 0.6) is 0 Å². The van der Waals surface area contributed by atoms with Crippen LogP contribution in [-0.4, -0.2) is 5.11 Å². The number of halogens is 3. The van der Waals surface area contributed by atoms with Gasteiger partial charge in [-0.1, -0.05) is 30.3 Å². The first-order valence-corrected chi connectivity index (χ1v) is 7.16. The van der Waals surface area contributed by atoms with Gasteiger partial charge in [0.15, 0.2) is 0 Å². The molecule has 0 saturated carbocycles. The maximum Gasteiger partial charge on any atom is 0.416 e. The molecule has 0 radical (unpaired) electrons. The standard InChI is InChI=1S/C16H11F3OS/c17-16(18,19)12-5-1-4-11(9-12)14(20)13-6-2-3-10-7-8-21-15(10)13/h1-9,14,20H. The highest BCUT2D eigenvalue weighted by Crippen LogP contribution is 2.35. The second-order valence-corrected chi connectivity index (χ2v) is 5.63. The molecule has 3 aromatic rings. The molecule has 1 N–H and O–H groups in total. The van der Waals surface area contributed by atoms with Crippen LogP contribution in [0.3, 0.4) is 0 Å². The van der Waals surface area contributed by atoms with Crippen molar-refractivity contribution in [2.45, 2.75) is 12.3 Å². The quantitative estimate of drug-likeness (QED) is 0.706. The van der Waals surface area contributed by atoms with Crippen LogP contribution in [0.25, 0.3) is 10.1 Å². The minimum Gasteiger partial charge on any atom is -0.384 e. The van der Waals surface area contributed by atoms with Gasteiger partial charge in [-0.3, -0.25) is 0 Å². The Hall–Kier alpha value is -1.85. The maximum absolute atomic E-state index is 12.8. The van der Waals surface area contributed by atoms with Gasteiger partial charge < -0.3 is 5.11 Å². The van der Waals surface area contributed by atoms with Crippen LogP contribution in [0, 0.1) is 0 Å². The Balaban J connectivity index is 2.06. The van der Waals surface area contributed by atoms with Gasteiger partial charge in [0.05, 0.1) is 5.56 Å². The summed E-state index contributed by atoms with van der Waals surface area (Å²) in [5, 5.41) is 13.3. The summed E-state index contributed by atoms with van der Waals surface area (Å²) in [4.78, 5) is 0. The lowest BCUT2D eigenvalue weighted by molar-refractivity contribution is -0.137. The predicted molar refractivity (Wildman–Crippen MR) is 77.3 cm³/mol. The number of thiophene rings is 1. The first-order valence-electron chi connectivity index (χ1n) is 6.28. The van der Waals surface area contributed by atoms with Gasteiger partial charge in [-0.05, 0) is 34.5 Å². The molecule has 3 rings (SSSR count). The number of hydrogen-bond donors (Lipinski definition) is 1. The minimum atomic E-state index is -4.41. The number of fused-ring (bicyclic) bond motifs is 1. The molecule has 108 valence electrons. The van der Waals surface area contributed by atoms with E-state index in [2.05, 4.69) is 0 Å². The van der Waals surface area contributed by atoms with E-state index in [9.17, 15) is 18.3 Å². The summed E-state index contributed by atoms with van der Waals surface area (Å²) in [6.45, 7) is 0. The predicted octanol–water partition coefficient (Wildman–Crippen LogP) is 5.00. The van der Waals surface area contributed by atoms with E-state index in [1.54, 1.807) is 12.1 Å². The van der Waals surface area contributed by atoms with Crippen molar-refractivity contribution in [1.29, 1.82) is 0 Å². The van der Waals surface area contributed by atoms with Crippen molar-refractivity contribution in [3.63, 3.8) is 0 Å². The molecule has 5 heteroatoms. The Morgan fingerprint density at radius 3 is 2.52 bits per heavy atom. The minimum absolute atomic E-state index is 0.241. The molecule has 1 atom stereocenters. The topological polar surface area (TPSA) is 20.2 Å². The average Bonchev–Trinajstić information content (AvgIpc) is 2.94. The van der Waals surface area contributed by atoms with E-state index in [0.717, 1.165) is 22.2 Å². The highest BCUT2D eigenvalue weighted by molar-refractivity contribution is 7.17. The monoisotopic (exact) mass is 308 g/mol. The zero-order valence-electron chi connectivity index (χ0n) is 10.8. The molecule has 0 saturated heterocycles. The third-order valence-electron chi connectivity index (χ3n) is 3.33. The fourth-order valence-electron chi connectivity index (χ4n) is 2.30. The smallest absolute Gasteiger partial charge is 0.384 e. The summed E-state index contributed by atoms with van der Waals surface area (Å²) < 4.78 is 39.2. The molecule has 1 unspecified atom stereocenters. The van der Waals surface area contributed by atoms with Crippen LogP contribution in [0.4, 0.5) is 13.2 Å². The summed E-state index contributed by atoms with van der Waals surface area (Å²) in [6.07, 6.45) is -5.49. The van der Waals surface area contributed by atoms with Crippen molar-refractivity contribution in [2.75, 3.05) is 0 Å². The van der Waals surface area contributed by atoms with Crippen molar-refractivity contribution in [1.82, 2.24) is 0 Å². The number of rotatable bonds is 2. The third-order valence-corrected chi connectivity index (χ3v) is 4.31. The Labute approximate surface area is 123 Å². The highest BCUT2D eigenvalue weighted by atomic mass is 32.1. The molecule has 0 aliphatic carbocycles. The van der Waals surface area contributed by atoms with Crippen LogP contribution in [0.1, 0.15) is 22.8 Å². The van der Waals surface area contributed by atoms with E-state index < -0.39 is 17.8 Å². The molecule has 0 aliphatic rings. The van der Waals surface area contributed by atoms with Gasteiger partial charge in [0.25, 0.3) is 0 Å². The molecule has 1 aromatic heterocycles. The van der Waals surface area contributed by atoms with Gasteiger partial charge in [-0.25, -0.2) is 0 Å². The van der Waals surface area contributed by atoms with Gasteiger partial charge in [0.2, 0.25) is 0 Å². The lowest BCUT2D eigenvalue weighted by atomic mass is 9.99. The van der Waals surface area contributed by atoms with E-state index in [1.807, 2.05) is 17.5 Å². The van der Waals surface area contributed by atoms with Crippen molar-refractivity contribution in [3.05, 3.63) is 70.6 Å². The second-order valence-electron chi connectivity index (χ2n) is 4.71. The Bertz CT molecular complexity index is 776. The molecule has 1 nitrogen and oxygen atoms in total. The summed E-state index contributed by atoms with van der Waals surface area (Å²) >= 11 is 1.46. The first-order chi connectivity index (χ1) is 9.97. The summed E-state index contributed by atoms with van der Waals surface area (Å²) in [6, 6.07) is 12.2. The number of benzene rings is 2. The van der Waals surface area contributed by atoms with Crippen molar-refractivity contribution in [2.24, 2.45) is 0 Å². The second kappa shape index (κ2) is 5.16. The van der Waals surface area contributed by atoms with Crippen molar-refractivity contribution >= 4 is 21.4 Å². The lowest BCUT2D eigenvalue weighted by Crippen LogP contribution is -2.07. The van der Waals surface area contributed by atoms with Gasteiger partial charge in [-0.2, -0.15) is 13.2 Å². The SMILES string of the molecule is OC(c1cccc(C(F)(F)F)c1)c1cccc2ccsc12. The van der Waals surface area contributed by atoms with Gasteiger partial charge in [0, 0.05) is 10.3 Å². The summed E-state index contributed by atoms with van der Waals surface area (Å²) in [5.41, 5.74) is 0.116. The Morgan fingerprint density at radius 1 is 1.00 bits per heavy atom. The summed E-state index contributed by atoms with van der Waals surface area (Å²) in [7, 11) is 0. The van der Waals surface area contributed by atoms with Crippen LogP contribution >= 0.6 is 11.3 Å². The lowest BCUT2D eigenvalue weighted by Gasteiger charge is -2.15. The molecular weight excluding hydrogens is 297 g/mol. The number of aliphatic hydroxyl groups excluding tert-OH is 1. The highest BCUT2D eigenvalue weighted by Gasteiger charge is 2.31. The first kappa shape index (κ1) is 14.1. The largest absolute Gasteiger partial charge is 0.416 e. The third kappa shape index (κ3) is 2.66. The fourth-order valence-corrected chi connectivity index (χ4v) is 3.23. The molecule has 2 aromatic carbocycles. The molecular formula is C16H11F3OS. The molecule has 1 heterocycles. The summed E-state index contributed by atoms with van der Waals surface area (Å²) in [5.74, 6) is 0. The van der Waals surface area contributed by atoms with Crippen molar-refractivity contribution in [3.8, 4) is 0 Å². The Morgan fingerprint density at radius 2 is 1.76 bits per heavy atom. The van der Waals surface area contributed by atoms with E-state index in [1.165, 1.54) is 23.5 Å². The number of hydrogen-bond acceptors (Lipinski definition) is 2. The molecule has 0 spiro atoms. The zero-order chi connectivity index (χ0) is 15.0. The molecule has 0 amide bonds.